The van der Waals surface area contributed by atoms with Crippen LogP contribution in [0.25, 0.3) is 0 Å². The highest BCUT2D eigenvalue weighted by Gasteiger charge is 2.37. The Labute approximate surface area is 111 Å². The predicted molar refractivity (Wildman–Crippen MR) is 68.3 cm³/mol. The molecule has 0 aromatic carbocycles. The van der Waals surface area contributed by atoms with Gasteiger partial charge in [-0.05, 0) is 24.8 Å². The van der Waals surface area contributed by atoms with E-state index in [1.807, 2.05) is 0 Å². The second-order valence-electron chi connectivity index (χ2n) is 5.44. The van der Waals surface area contributed by atoms with Gasteiger partial charge in [0.05, 0.1) is 5.92 Å². The number of likely N-dealkylation sites (tertiary alicyclic amines) is 1. The molecule has 1 aromatic rings. The van der Waals surface area contributed by atoms with Crippen LogP contribution in [0.2, 0.25) is 0 Å². The highest BCUT2D eigenvalue weighted by molar-refractivity contribution is 5.94. The first-order valence-electron chi connectivity index (χ1n) is 6.70. The summed E-state index contributed by atoms with van der Waals surface area (Å²) in [5.41, 5.74) is 0.567. The lowest BCUT2D eigenvalue weighted by molar-refractivity contribution is -0.129. The molecular formula is C13H18N4O2. The van der Waals surface area contributed by atoms with Crippen molar-refractivity contribution in [1.29, 1.82) is 0 Å². The van der Waals surface area contributed by atoms with Crippen LogP contribution in [0.5, 0.6) is 0 Å². The minimum Gasteiger partial charge on any atom is -0.355 e. The van der Waals surface area contributed by atoms with Gasteiger partial charge in [-0.1, -0.05) is 0 Å². The van der Waals surface area contributed by atoms with E-state index >= 15 is 0 Å². The summed E-state index contributed by atoms with van der Waals surface area (Å²) in [5.74, 6) is 0.680. The van der Waals surface area contributed by atoms with Crippen molar-refractivity contribution in [2.75, 3.05) is 19.6 Å². The molecule has 2 fully saturated rings. The Morgan fingerprint density at radius 3 is 2.74 bits per heavy atom. The Hall–Kier alpha value is -1.85. The fraction of sp³-hybridized carbons (Fsp3) is 0.615. The molecule has 0 atom stereocenters. The lowest BCUT2D eigenvalue weighted by Crippen LogP contribution is -2.56. The fourth-order valence-electron chi connectivity index (χ4n) is 2.27. The zero-order valence-corrected chi connectivity index (χ0v) is 11.0. The molecule has 2 amide bonds. The molecular weight excluding hydrogens is 244 g/mol. The molecule has 1 saturated heterocycles. The van der Waals surface area contributed by atoms with Crippen LogP contribution in [-0.2, 0) is 11.8 Å². The standard InChI is InChI=1S/C13H18N4O2/c1-16-11(4-5-15-16)13(19)17-7-10(8-17)12(18)14-6-9-2-3-9/h4-5,9-10H,2-3,6-8H2,1H3,(H,14,18). The molecule has 0 unspecified atom stereocenters. The largest absolute Gasteiger partial charge is 0.355 e. The van der Waals surface area contributed by atoms with E-state index in [0.717, 1.165) is 6.54 Å². The smallest absolute Gasteiger partial charge is 0.272 e. The predicted octanol–water partition coefficient (Wildman–Crippen LogP) is 0.0183. The van der Waals surface area contributed by atoms with Gasteiger partial charge >= 0.3 is 0 Å². The van der Waals surface area contributed by atoms with E-state index in [4.69, 9.17) is 0 Å². The number of nitrogens with zero attached hydrogens (tertiary/aromatic N) is 3. The summed E-state index contributed by atoms with van der Waals surface area (Å²) in [6.45, 7) is 1.83. The van der Waals surface area contributed by atoms with E-state index in [1.165, 1.54) is 12.8 Å². The molecule has 2 aliphatic rings. The van der Waals surface area contributed by atoms with Gasteiger partial charge in [-0.2, -0.15) is 5.10 Å². The first-order valence-corrected chi connectivity index (χ1v) is 6.70. The Bertz CT molecular complexity index is 500. The van der Waals surface area contributed by atoms with Crippen molar-refractivity contribution in [1.82, 2.24) is 20.0 Å². The summed E-state index contributed by atoms with van der Waals surface area (Å²) >= 11 is 0. The second kappa shape index (κ2) is 4.68. The zero-order chi connectivity index (χ0) is 13.4. The number of rotatable bonds is 4. The third kappa shape index (κ3) is 2.47. The van der Waals surface area contributed by atoms with Crippen molar-refractivity contribution in [3.8, 4) is 0 Å². The summed E-state index contributed by atoms with van der Waals surface area (Å²) in [6, 6.07) is 1.70. The molecule has 1 aliphatic heterocycles. The molecule has 2 heterocycles. The number of hydrogen-bond acceptors (Lipinski definition) is 3. The van der Waals surface area contributed by atoms with Crippen LogP contribution in [0.15, 0.2) is 12.3 Å². The Morgan fingerprint density at radius 2 is 2.16 bits per heavy atom. The molecule has 0 bridgehead atoms. The topological polar surface area (TPSA) is 67.2 Å². The molecule has 102 valence electrons. The maximum atomic E-state index is 12.1. The first-order chi connectivity index (χ1) is 9.15. The van der Waals surface area contributed by atoms with Gasteiger partial charge in [-0.25, -0.2) is 0 Å². The molecule has 6 heteroatoms. The van der Waals surface area contributed by atoms with Gasteiger partial charge in [0.25, 0.3) is 5.91 Å². The highest BCUT2D eigenvalue weighted by Crippen LogP contribution is 2.28. The first kappa shape index (κ1) is 12.2. The van der Waals surface area contributed by atoms with Gasteiger partial charge in [0.2, 0.25) is 5.91 Å². The van der Waals surface area contributed by atoms with Crippen LogP contribution in [0, 0.1) is 11.8 Å². The van der Waals surface area contributed by atoms with Crippen molar-refractivity contribution >= 4 is 11.8 Å². The van der Waals surface area contributed by atoms with E-state index in [1.54, 1.807) is 28.9 Å². The molecule has 3 rings (SSSR count). The molecule has 1 aliphatic carbocycles. The Morgan fingerprint density at radius 1 is 1.42 bits per heavy atom. The van der Waals surface area contributed by atoms with Crippen LogP contribution < -0.4 is 5.32 Å². The summed E-state index contributed by atoms with van der Waals surface area (Å²) in [4.78, 5) is 25.6. The van der Waals surface area contributed by atoms with Crippen molar-refractivity contribution in [2.24, 2.45) is 18.9 Å². The Balaban J connectivity index is 1.48. The van der Waals surface area contributed by atoms with Gasteiger partial charge < -0.3 is 10.2 Å². The summed E-state index contributed by atoms with van der Waals surface area (Å²) in [7, 11) is 1.74. The molecule has 0 radical (unpaired) electrons. The maximum absolute atomic E-state index is 12.1. The lowest BCUT2D eigenvalue weighted by atomic mass is 9.98. The molecule has 1 aromatic heterocycles. The summed E-state index contributed by atoms with van der Waals surface area (Å²) in [5, 5.41) is 6.94. The SMILES string of the molecule is Cn1nccc1C(=O)N1CC(C(=O)NCC2CC2)C1. The van der Waals surface area contributed by atoms with Crippen LogP contribution in [0.3, 0.4) is 0 Å². The third-order valence-corrected chi connectivity index (χ3v) is 3.84. The minimum atomic E-state index is -0.0498. The van der Waals surface area contributed by atoms with Crippen molar-refractivity contribution in [3.05, 3.63) is 18.0 Å². The maximum Gasteiger partial charge on any atom is 0.272 e. The molecule has 6 nitrogen and oxygen atoms in total. The lowest BCUT2D eigenvalue weighted by Gasteiger charge is -2.38. The van der Waals surface area contributed by atoms with Crippen molar-refractivity contribution < 1.29 is 9.59 Å². The van der Waals surface area contributed by atoms with E-state index in [0.29, 0.717) is 24.7 Å². The summed E-state index contributed by atoms with van der Waals surface area (Å²) < 4.78 is 1.56. The van der Waals surface area contributed by atoms with E-state index in [-0.39, 0.29) is 17.7 Å². The monoisotopic (exact) mass is 262 g/mol. The van der Waals surface area contributed by atoms with E-state index < -0.39 is 0 Å². The molecule has 1 saturated carbocycles. The van der Waals surface area contributed by atoms with Crippen LogP contribution in [0.4, 0.5) is 0 Å². The minimum absolute atomic E-state index is 0.0454. The summed E-state index contributed by atoms with van der Waals surface area (Å²) in [6.07, 6.45) is 4.07. The van der Waals surface area contributed by atoms with Crippen LogP contribution in [0.1, 0.15) is 23.3 Å². The average Bonchev–Trinajstić information content (AvgIpc) is 3.05. The van der Waals surface area contributed by atoms with E-state index in [9.17, 15) is 9.59 Å². The highest BCUT2D eigenvalue weighted by atomic mass is 16.2. The number of amides is 2. The van der Waals surface area contributed by atoms with Gasteiger partial charge in [-0.15, -0.1) is 0 Å². The zero-order valence-electron chi connectivity index (χ0n) is 11.0. The number of carbonyl (C=O) groups excluding carboxylic acids is 2. The van der Waals surface area contributed by atoms with Crippen LogP contribution >= 0.6 is 0 Å². The van der Waals surface area contributed by atoms with Crippen molar-refractivity contribution in [3.63, 3.8) is 0 Å². The average molecular weight is 262 g/mol. The van der Waals surface area contributed by atoms with Crippen LogP contribution in [-0.4, -0.2) is 46.1 Å². The van der Waals surface area contributed by atoms with Gasteiger partial charge in [0, 0.05) is 32.9 Å². The number of aryl methyl sites for hydroxylation is 1. The third-order valence-electron chi connectivity index (χ3n) is 3.84. The molecule has 1 N–H and O–H groups in total. The number of aromatic nitrogens is 2. The Kier molecular flexibility index (Phi) is 3.00. The van der Waals surface area contributed by atoms with Gasteiger partial charge in [0.15, 0.2) is 0 Å². The normalized spacial score (nSPS) is 19.1. The molecule has 19 heavy (non-hydrogen) atoms. The van der Waals surface area contributed by atoms with Crippen molar-refractivity contribution in [2.45, 2.75) is 12.8 Å². The number of nitrogens with one attached hydrogen (secondary N) is 1. The molecule has 0 spiro atoms. The van der Waals surface area contributed by atoms with E-state index in [2.05, 4.69) is 10.4 Å². The fourth-order valence-corrected chi connectivity index (χ4v) is 2.27. The number of hydrogen-bond donors (Lipinski definition) is 1. The van der Waals surface area contributed by atoms with Gasteiger partial charge in [-0.3, -0.25) is 14.3 Å². The quantitative estimate of drug-likeness (QED) is 0.831. The van der Waals surface area contributed by atoms with Gasteiger partial charge in [0.1, 0.15) is 5.69 Å². The second-order valence-corrected chi connectivity index (χ2v) is 5.44. The number of carbonyl (C=O) groups is 2.